The Morgan fingerprint density at radius 1 is 1.33 bits per heavy atom. The molecule has 21 heavy (non-hydrogen) atoms. The Hall–Kier alpha value is -0.740. The number of furan rings is 1. The number of hydrogen-bond acceptors (Lipinski definition) is 3. The molecule has 116 valence electrons. The number of halogens is 2. The van der Waals surface area contributed by atoms with Crippen LogP contribution in [0.15, 0.2) is 16.5 Å². The van der Waals surface area contributed by atoms with E-state index < -0.39 is 0 Å². The number of benzene rings is 1. The Bertz CT molecular complexity index is 624. The van der Waals surface area contributed by atoms with Gasteiger partial charge in [0.15, 0.2) is 0 Å². The molecule has 2 aromatic rings. The molecule has 0 spiro atoms. The van der Waals surface area contributed by atoms with Gasteiger partial charge >= 0.3 is 0 Å². The Labute approximate surface area is 136 Å². The molecule has 0 radical (unpaired) electrons. The second-order valence-corrected chi connectivity index (χ2v) is 5.85. The first-order chi connectivity index (χ1) is 9.70. The minimum Gasteiger partial charge on any atom is -0.458 e. The maximum Gasteiger partial charge on any atom is 0.135 e. The third kappa shape index (κ3) is 3.21. The smallest absolute Gasteiger partial charge is 0.135 e. The van der Waals surface area contributed by atoms with Crippen molar-refractivity contribution in [2.45, 2.75) is 32.9 Å². The van der Waals surface area contributed by atoms with Crippen molar-refractivity contribution in [3.8, 4) is 0 Å². The maximum absolute atomic E-state index is 6.37. The Balaban J connectivity index is 0.00000161. The SMILES string of the molecule is CCCOCc1oc2ccc(Cl)c3c2c1CN(C)CC3.Cl. The highest BCUT2D eigenvalue weighted by atomic mass is 35.5. The third-order valence-electron chi connectivity index (χ3n) is 3.84. The van der Waals surface area contributed by atoms with E-state index >= 15 is 0 Å². The van der Waals surface area contributed by atoms with Gasteiger partial charge in [0, 0.05) is 35.7 Å². The largest absolute Gasteiger partial charge is 0.458 e. The summed E-state index contributed by atoms with van der Waals surface area (Å²) >= 11 is 6.37. The molecular formula is C16H21Cl2NO2. The van der Waals surface area contributed by atoms with Crippen molar-refractivity contribution in [1.82, 2.24) is 4.90 Å². The fraction of sp³-hybridized carbons (Fsp3) is 0.500. The van der Waals surface area contributed by atoms with Crippen LogP contribution in [0, 0.1) is 0 Å². The van der Waals surface area contributed by atoms with Crippen molar-refractivity contribution < 1.29 is 9.15 Å². The van der Waals surface area contributed by atoms with E-state index in [1.807, 2.05) is 12.1 Å². The van der Waals surface area contributed by atoms with Gasteiger partial charge in [0.25, 0.3) is 0 Å². The first-order valence-corrected chi connectivity index (χ1v) is 7.56. The van der Waals surface area contributed by atoms with Crippen LogP contribution in [0.2, 0.25) is 5.02 Å². The molecule has 0 saturated heterocycles. The zero-order valence-corrected chi connectivity index (χ0v) is 14.0. The molecule has 0 aliphatic carbocycles. The lowest BCUT2D eigenvalue weighted by Crippen LogP contribution is -2.19. The van der Waals surface area contributed by atoms with E-state index in [0.717, 1.165) is 48.9 Å². The van der Waals surface area contributed by atoms with E-state index in [9.17, 15) is 0 Å². The normalized spacial score (nSPS) is 15.0. The second-order valence-electron chi connectivity index (χ2n) is 5.44. The van der Waals surface area contributed by atoms with Gasteiger partial charge in [-0.05, 0) is 37.6 Å². The van der Waals surface area contributed by atoms with Crippen LogP contribution in [0.4, 0.5) is 0 Å². The van der Waals surface area contributed by atoms with Crippen LogP contribution in [0.1, 0.15) is 30.2 Å². The summed E-state index contributed by atoms with van der Waals surface area (Å²) in [6.07, 6.45) is 1.99. The average molecular weight is 330 g/mol. The van der Waals surface area contributed by atoms with Crippen LogP contribution in [0.5, 0.6) is 0 Å². The van der Waals surface area contributed by atoms with E-state index in [2.05, 4.69) is 18.9 Å². The van der Waals surface area contributed by atoms with Gasteiger partial charge in [-0.3, -0.25) is 0 Å². The number of likely N-dealkylation sites (N-methyl/N-ethyl adjacent to an activating group) is 1. The summed E-state index contributed by atoms with van der Waals surface area (Å²) in [7, 11) is 2.13. The molecule has 0 saturated carbocycles. The Morgan fingerprint density at radius 3 is 2.90 bits per heavy atom. The van der Waals surface area contributed by atoms with Gasteiger partial charge in [0.05, 0.1) is 0 Å². The van der Waals surface area contributed by atoms with E-state index in [1.165, 1.54) is 16.5 Å². The molecule has 1 aromatic carbocycles. The molecule has 3 rings (SSSR count). The van der Waals surface area contributed by atoms with Crippen molar-refractivity contribution in [1.29, 1.82) is 0 Å². The van der Waals surface area contributed by atoms with E-state index in [4.69, 9.17) is 20.8 Å². The molecule has 0 N–H and O–H groups in total. The predicted molar refractivity (Wildman–Crippen MR) is 88.5 cm³/mol. The van der Waals surface area contributed by atoms with Crippen LogP contribution in [-0.4, -0.2) is 25.1 Å². The van der Waals surface area contributed by atoms with Crippen LogP contribution in [0.25, 0.3) is 11.0 Å². The highest BCUT2D eigenvalue weighted by Gasteiger charge is 2.23. The fourth-order valence-electron chi connectivity index (χ4n) is 2.84. The first kappa shape index (κ1) is 16.6. The molecule has 0 fully saturated rings. The topological polar surface area (TPSA) is 25.6 Å². The molecule has 0 unspecified atom stereocenters. The van der Waals surface area contributed by atoms with Crippen molar-refractivity contribution >= 4 is 35.0 Å². The molecule has 3 nitrogen and oxygen atoms in total. The number of rotatable bonds is 4. The van der Waals surface area contributed by atoms with Gasteiger partial charge in [-0.1, -0.05) is 18.5 Å². The summed E-state index contributed by atoms with van der Waals surface area (Å²) in [5, 5.41) is 2.05. The summed E-state index contributed by atoms with van der Waals surface area (Å²) < 4.78 is 11.7. The van der Waals surface area contributed by atoms with Crippen LogP contribution < -0.4 is 0 Å². The quantitative estimate of drug-likeness (QED) is 0.776. The lowest BCUT2D eigenvalue weighted by Gasteiger charge is -2.13. The molecule has 1 aliphatic heterocycles. The second kappa shape index (κ2) is 7.01. The summed E-state index contributed by atoms with van der Waals surface area (Å²) in [6.45, 7) is 5.33. The van der Waals surface area contributed by atoms with E-state index in [0.29, 0.717) is 6.61 Å². The molecular weight excluding hydrogens is 309 g/mol. The van der Waals surface area contributed by atoms with Gasteiger partial charge in [0.2, 0.25) is 0 Å². The number of nitrogens with zero attached hydrogens (tertiary/aromatic N) is 1. The highest BCUT2D eigenvalue weighted by molar-refractivity contribution is 6.32. The van der Waals surface area contributed by atoms with Crippen molar-refractivity contribution in [2.75, 3.05) is 20.2 Å². The highest BCUT2D eigenvalue weighted by Crippen LogP contribution is 2.36. The van der Waals surface area contributed by atoms with Gasteiger partial charge < -0.3 is 14.1 Å². The minimum absolute atomic E-state index is 0. The molecule has 0 amide bonds. The molecule has 1 aliphatic rings. The van der Waals surface area contributed by atoms with E-state index in [-0.39, 0.29) is 12.4 Å². The fourth-order valence-corrected chi connectivity index (χ4v) is 3.09. The molecule has 2 heterocycles. The summed E-state index contributed by atoms with van der Waals surface area (Å²) in [6, 6.07) is 3.91. The van der Waals surface area contributed by atoms with Crippen molar-refractivity contribution in [3.63, 3.8) is 0 Å². The zero-order valence-electron chi connectivity index (χ0n) is 12.4. The van der Waals surface area contributed by atoms with Crippen LogP contribution in [-0.2, 0) is 24.3 Å². The monoisotopic (exact) mass is 329 g/mol. The van der Waals surface area contributed by atoms with Gasteiger partial charge in [-0.2, -0.15) is 0 Å². The van der Waals surface area contributed by atoms with Gasteiger partial charge in [-0.15, -0.1) is 12.4 Å². The van der Waals surface area contributed by atoms with Crippen molar-refractivity contribution in [3.05, 3.63) is 34.0 Å². The summed E-state index contributed by atoms with van der Waals surface area (Å²) in [5.74, 6) is 0.950. The lowest BCUT2D eigenvalue weighted by molar-refractivity contribution is 0.106. The summed E-state index contributed by atoms with van der Waals surface area (Å²) in [5.41, 5.74) is 3.40. The Kier molecular flexibility index (Phi) is 5.55. The van der Waals surface area contributed by atoms with Gasteiger partial charge in [-0.25, -0.2) is 0 Å². The standard InChI is InChI=1S/C16H20ClNO2.ClH/c1-3-8-19-10-15-12-9-18(2)7-6-11-13(17)4-5-14(20-15)16(11)12;/h4-5H,3,6-10H2,1-2H3;1H. The van der Waals surface area contributed by atoms with Crippen LogP contribution >= 0.6 is 24.0 Å². The maximum atomic E-state index is 6.37. The Morgan fingerprint density at radius 2 is 2.14 bits per heavy atom. The lowest BCUT2D eigenvalue weighted by atomic mass is 10.0. The number of hydrogen-bond donors (Lipinski definition) is 0. The minimum atomic E-state index is 0. The predicted octanol–water partition coefficient (Wildman–Crippen LogP) is 4.42. The molecule has 0 atom stereocenters. The van der Waals surface area contributed by atoms with Crippen LogP contribution in [0.3, 0.4) is 0 Å². The summed E-state index contributed by atoms with van der Waals surface area (Å²) in [4.78, 5) is 2.31. The average Bonchev–Trinajstić information content (AvgIpc) is 2.65. The van der Waals surface area contributed by atoms with Gasteiger partial charge in [0.1, 0.15) is 18.0 Å². The molecule has 0 bridgehead atoms. The third-order valence-corrected chi connectivity index (χ3v) is 4.20. The van der Waals surface area contributed by atoms with Crippen molar-refractivity contribution in [2.24, 2.45) is 0 Å². The first-order valence-electron chi connectivity index (χ1n) is 7.18. The molecule has 5 heteroatoms. The number of ether oxygens (including phenoxy) is 1. The van der Waals surface area contributed by atoms with E-state index in [1.54, 1.807) is 0 Å². The molecule has 1 aromatic heterocycles. The zero-order chi connectivity index (χ0) is 14.1.